The minimum absolute atomic E-state index is 0.211. The van der Waals surface area contributed by atoms with Crippen molar-refractivity contribution in [2.75, 3.05) is 25.0 Å². The summed E-state index contributed by atoms with van der Waals surface area (Å²) in [6.45, 7) is 11.9. The molecular weight excluding hydrogens is 420 g/mol. The molecule has 1 unspecified atom stereocenters. The molecule has 32 heavy (non-hydrogen) atoms. The maximum absolute atomic E-state index is 13.0. The largest absolute Gasteiger partial charge is 0.317 e. The van der Waals surface area contributed by atoms with Crippen molar-refractivity contribution >= 4 is 22.9 Å². The van der Waals surface area contributed by atoms with Crippen LogP contribution in [0.1, 0.15) is 65.9 Å². The van der Waals surface area contributed by atoms with Crippen LogP contribution in [0.2, 0.25) is 0 Å². The number of hydrogen-bond acceptors (Lipinski definition) is 6. The van der Waals surface area contributed by atoms with Gasteiger partial charge in [0.15, 0.2) is 5.82 Å². The van der Waals surface area contributed by atoms with E-state index in [1.54, 1.807) is 22.2 Å². The highest BCUT2D eigenvalue weighted by atomic mass is 32.1. The summed E-state index contributed by atoms with van der Waals surface area (Å²) in [5.74, 6) is 1.58. The molecule has 4 heterocycles. The number of likely N-dealkylation sites (tertiary alicyclic amines) is 1. The Balaban J connectivity index is 1.42. The molecule has 0 aliphatic carbocycles. The lowest BCUT2D eigenvalue weighted by molar-refractivity contribution is 0.102. The van der Waals surface area contributed by atoms with Crippen LogP contribution in [0, 0.1) is 19.8 Å². The average molecular weight is 453 g/mol. The van der Waals surface area contributed by atoms with Gasteiger partial charge in [0, 0.05) is 29.7 Å². The number of hydrogen-bond donors (Lipinski definition) is 1. The Morgan fingerprint density at radius 2 is 2.09 bits per heavy atom. The van der Waals surface area contributed by atoms with Crippen molar-refractivity contribution < 1.29 is 4.79 Å². The van der Waals surface area contributed by atoms with E-state index in [4.69, 9.17) is 4.98 Å². The number of carbonyl (C=O) groups is 1. The van der Waals surface area contributed by atoms with E-state index < -0.39 is 0 Å². The maximum atomic E-state index is 13.0. The van der Waals surface area contributed by atoms with Gasteiger partial charge in [-0.3, -0.25) is 4.79 Å². The number of rotatable bonds is 7. The van der Waals surface area contributed by atoms with Crippen LogP contribution in [-0.2, 0) is 0 Å². The van der Waals surface area contributed by atoms with Crippen LogP contribution in [0.3, 0.4) is 0 Å². The second-order valence-corrected chi connectivity index (χ2v) is 9.72. The SMILES string of the molecule is CCC(C)CN1CCC(c2nc(C(=O)Nc3cccnc3-n3nc(C)cc3C)cs2)CC1. The summed E-state index contributed by atoms with van der Waals surface area (Å²) in [6, 6.07) is 5.64. The number of nitrogens with zero attached hydrogens (tertiary/aromatic N) is 5. The molecule has 3 aromatic rings. The Morgan fingerprint density at radius 3 is 2.78 bits per heavy atom. The normalized spacial score (nSPS) is 16.2. The van der Waals surface area contributed by atoms with E-state index in [-0.39, 0.29) is 5.91 Å². The third-order valence-electron chi connectivity index (χ3n) is 6.20. The minimum Gasteiger partial charge on any atom is -0.317 e. The van der Waals surface area contributed by atoms with Gasteiger partial charge >= 0.3 is 0 Å². The molecular formula is C24H32N6OS. The van der Waals surface area contributed by atoms with Gasteiger partial charge in [-0.05, 0) is 63.9 Å². The molecule has 0 spiro atoms. The highest BCUT2D eigenvalue weighted by Gasteiger charge is 2.25. The molecule has 170 valence electrons. The number of aromatic nitrogens is 4. The molecule has 1 fully saturated rings. The molecule has 1 N–H and O–H groups in total. The number of amides is 1. The van der Waals surface area contributed by atoms with Crippen molar-refractivity contribution in [3.05, 3.63) is 51.9 Å². The van der Waals surface area contributed by atoms with Crippen molar-refractivity contribution in [3.63, 3.8) is 0 Å². The molecule has 1 amide bonds. The van der Waals surface area contributed by atoms with E-state index in [0.29, 0.717) is 23.1 Å². The summed E-state index contributed by atoms with van der Waals surface area (Å²) >= 11 is 1.60. The Bertz CT molecular complexity index is 1070. The maximum Gasteiger partial charge on any atom is 0.275 e. The predicted octanol–water partition coefficient (Wildman–Crippen LogP) is 4.82. The van der Waals surface area contributed by atoms with Crippen LogP contribution in [0.4, 0.5) is 5.69 Å². The van der Waals surface area contributed by atoms with Crippen LogP contribution in [-0.4, -0.2) is 50.2 Å². The molecule has 1 atom stereocenters. The van der Waals surface area contributed by atoms with Gasteiger partial charge in [-0.15, -0.1) is 11.3 Å². The fourth-order valence-corrected chi connectivity index (χ4v) is 5.18. The van der Waals surface area contributed by atoms with E-state index >= 15 is 0 Å². The van der Waals surface area contributed by atoms with Gasteiger partial charge in [-0.25, -0.2) is 14.6 Å². The lowest BCUT2D eigenvalue weighted by Gasteiger charge is -2.32. The number of aryl methyl sites for hydroxylation is 2. The van der Waals surface area contributed by atoms with Crippen molar-refractivity contribution in [1.29, 1.82) is 0 Å². The summed E-state index contributed by atoms with van der Waals surface area (Å²) < 4.78 is 1.75. The van der Waals surface area contributed by atoms with Crippen LogP contribution < -0.4 is 5.32 Å². The quantitative estimate of drug-likeness (QED) is 0.556. The lowest BCUT2D eigenvalue weighted by atomic mass is 9.96. The number of piperidine rings is 1. The second-order valence-electron chi connectivity index (χ2n) is 8.83. The van der Waals surface area contributed by atoms with Gasteiger partial charge in [0.1, 0.15) is 5.69 Å². The van der Waals surface area contributed by atoms with Gasteiger partial charge in [-0.1, -0.05) is 20.3 Å². The Hall–Kier alpha value is -2.58. The number of carbonyl (C=O) groups excluding carboxylic acids is 1. The standard InChI is InChI=1S/C24H32N6OS/c1-5-16(2)14-29-11-8-19(9-12-29)24-27-21(15-32-24)23(31)26-20-7-6-10-25-22(20)30-18(4)13-17(3)28-30/h6-7,10,13,15-16,19H,5,8-9,11-12,14H2,1-4H3,(H,26,31). The van der Waals surface area contributed by atoms with Crippen LogP contribution in [0.5, 0.6) is 0 Å². The van der Waals surface area contributed by atoms with Gasteiger partial charge in [0.05, 0.1) is 16.4 Å². The topological polar surface area (TPSA) is 75.9 Å². The van der Waals surface area contributed by atoms with Crippen LogP contribution in [0.25, 0.3) is 5.82 Å². The molecule has 7 nitrogen and oxygen atoms in total. The summed E-state index contributed by atoms with van der Waals surface area (Å²) in [5.41, 5.74) is 2.96. The fourth-order valence-electron chi connectivity index (χ4n) is 4.20. The molecule has 1 aliphatic rings. The van der Waals surface area contributed by atoms with E-state index in [1.807, 2.05) is 37.4 Å². The number of nitrogens with one attached hydrogen (secondary N) is 1. The number of anilines is 1. The molecule has 8 heteroatoms. The van der Waals surface area contributed by atoms with E-state index in [9.17, 15) is 4.79 Å². The zero-order chi connectivity index (χ0) is 22.7. The van der Waals surface area contributed by atoms with Crippen molar-refractivity contribution in [2.45, 2.75) is 52.9 Å². The smallest absolute Gasteiger partial charge is 0.275 e. The highest BCUT2D eigenvalue weighted by molar-refractivity contribution is 7.10. The lowest BCUT2D eigenvalue weighted by Crippen LogP contribution is -2.35. The predicted molar refractivity (Wildman–Crippen MR) is 129 cm³/mol. The van der Waals surface area contributed by atoms with E-state index in [2.05, 4.69) is 34.1 Å². The molecule has 0 aromatic carbocycles. The first-order valence-corrected chi connectivity index (χ1v) is 12.3. The summed E-state index contributed by atoms with van der Waals surface area (Å²) in [6.07, 6.45) is 5.14. The molecule has 1 aliphatic heterocycles. The Labute approximate surface area is 193 Å². The first kappa shape index (κ1) is 22.6. The van der Waals surface area contributed by atoms with E-state index in [1.165, 1.54) is 13.0 Å². The van der Waals surface area contributed by atoms with Crippen LogP contribution in [0.15, 0.2) is 29.8 Å². The zero-order valence-corrected chi connectivity index (χ0v) is 20.2. The third kappa shape index (κ3) is 5.07. The number of pyridine rings is 1. The Morgan fingerprint density at radius 1 is 1.31 bits per heavy atom. The summed E-state index contributed by atoms with van der Waals surface area (Å²) in [5, 5.41) is 10.4. The van der Waals surface area contributed by atoms with Gasteiger partial charge in [0.2, 0.25) is 0 Å². The fraction of sp³-hybridized carbons (Fsp3) is 0.500. The molecule has 0 saturated carbocycles. The van der Waals surface area contributed by atoms with Gasteiger partial charge in [0.25, 0.3) is 5.91 Å². The first-order chi connectivity index (χ1) is 15.4. The van der Waals surface area contributed by atoms with Gasteiger partial charge < -0.3 is 10.2 Å². The molecule has 4 rings (SSSR count). The van der Waals surface area contributed by atoms with Crippen molar-refractivity contribution in [2.24, 2.45) is 5.92 Å². The highest BCUT2D eigenvalue weighted by Crippen LogP contribution is 2.31. The van der Waals surface area contributed by atoms with Crippen molar-refractivity contribution in [1.82, 2.24) is 24.6 Å². The van der Waals surface area contributed by atoms with E-state index in [0.717, 1.165) is 48.2 Å². The second kappa shape index (κ2) is 9.92. The molecule has 0 bridgehead atoms. The molecule has 0 radical (unpaired) electrons. The summed E-state index contributed by atoms with van der Waals surface area (Å²) in [7, 11) is 0. The third-order valence-corrected chi connectivity index (χ3v) is 7.21. The monoisotopic (exact) mass is 452 g/mol. The minimum atomic E-state index is -0.211. The number of thiazole rings is 1. The Kier molecular flexibility index (Phi) is 7.01. The first-order valence-electron chi connectivity index (χ1n) is 11.4. The molecule has 3 aromatic heterocycles. The van der Waals surface area contributed by atoms with Crippen LogP contribution >= 0.6 is 11.3 Å². The zero-order valence-electron chi connectivity index (χ0n) is 19.3. The van der Waals surface area contributed by atoms with Gasteiger partial charge in [-0.2, -0.15) is 5.10 Å². The average Bonchev–Trinajstić information content (AvgIpc) is 3.41. The molecule has 1 saturated heterocycles. The summed E-state index contributed by atoms with van der Waals surface area (Å²) in [4.78, 5) is 24.7. The van der Waals surface area contributed by atoms with Crippen molar-refractivity contribution in [3.8, 4) is 5.82 Å².